The number of aryl methyl sites for hydroxylation is 2. The Morgan fingerprint density at radius 1 is 0.972 bits per heavy atom. The van der Waals surface area contributed by atoms with E-state index in [1.54, 1.807) is 19.1 Å². The van der Waals surface area contributed by atoms with Crippen molar-refractivity contribution in [3.8, 4) is 16.9 Å². The van der Waals surface area contributed by atoms with E-state index in [-0.39, 0.29) is 29.9 Å². The number of guanidine groups is 1. The Hall–Kier alpha value is -4.67. The fourth-order valence-electron chi connectivity index (χ4n) is 3.32. The lowest BCUT2D eigenvalue weighted by molar-refractivity contribution is -0.139. The number of nitrogens with two attached hydrogens (primary N) is 3. The predicted octanol–water partition coefficient (Wildman–Crippen LogP) is 2.15. The Morgan fingerprint density at radius 2 is 1.61 bits per heavy atom. The first-order valence-corrected chi connectivity index (χ1v) is 11.3. The Bertz CT molecular complexity index is 1240. The van der Waals surface area contributed by atoms with E-state index < -0.39 is 11.9 Å². The Morgan fingerprint density at radius 3 is 2.25 bits per heavy atom. The number of amides is 1. The SMILES string of the molecule is Cc1nc(C(=O)NC(N)=NCCCCc2ccc(-c3ccc(OCC(=O)O)cc3)cc2)c(N)nc1N. The number of anilines is 2. The maximum atomic E-state index is 12.3. The van der Waals surface area contributed by atoms with Gasteiger partial charge in [0.25, 0.3) is 5.91 Å². The minimum Gasteiger partial charge on any atom is -0.482 e. The predicted molar refractivity (Wildman–Crippen MR) is 137 cm³/mol. The van der Waals surface area contributed by atoms with Gasteiger partial charge in [-0.15, -0.1) is 0 Å². The molecule has 1 aromatic heterocycles. The second-order valence-corrected chi connectivity index (χ2v) is 8.01. The number of carboxylic acid groups (broad SMARTS) is 1. The number of carboxylic acids is 1. The van der Waals surface area contributed by atoms with E-state index >= 15 is 0 Å². The molecular weight excluding hydrogens is 462 g/mol. The van der Waals surface area contributed by atoms with E-state index in [2.05, 4.69) is 32.4 Å². The third-order valence-corrected chi connectivity index (χ3v) is 5.25. The standard InChI is InChI=1S/C25H29N7O4/c1-15-22(26)31-23(27)21(30-15)24(35)32-25(28)29-13-3-2-4-16-5-7-17(8-6-16)18-9-11-19(12-10-18)36-14-20(33)34/h5-12H,2-4,13-14H2,1H3,(H,33,34)(H4,26,27,31)(H3,28,29,32,35). The average Bonchev–Trinajstić information content (AvgIpc) is 2.85. The normalized spacial score (nSPS) is 11.2. The zero-order valence-corrected chi connectivity index (χ0v) is 19.9. The van der Waals surface area contributed by atoms with Gasteiger partial charge in [-0.05, 0) is 55.0 Å². The summed E-state index contributed by atoms with van der Waals surface area (Å²) in [6.07, 6.45) is 2.56. The summed E-state index contributed by atoms with van der Waals surface area (Å²) in [5.41, 5.74) is 20.8. The number of carbonyl (C=O) groups is 2. The third-order valence-electron chi connectivity index (χ3n) is 5.25. The smallest absolute Gasteiger partial charge is 0.341 e. The van der Waals surface area contributed by atoms with Gasteiger partial charge in [0.2, 0.25) is 0 Å². The number of hydrogen-bond donors (Lipinski definition) is 5. The number of aliphatic carboxylic acids is 1. The highest BCUT2D eigenvalue weighted by Gasteiger charge is 2.15. The van der Waals surface area contributed by atoms with Crippen LogP contribution in [0.4, 0.5) is 11.6 Å². The number of hydrogen-bond acceptors (Lipinski definition) is 8. The molecule has 0 aliphatic carbocycles. The minimum absolute atomic E-state index is 0.0144. The first kappa shape index (κ1) is 25.9. The van der Waals surface area contributed by atoms with Crippen molar-refractivity contribution in [3.05, 3.63) is 65.5 Å². The average molecular weight is 492 g/mol. The molecule has 0 spiro atoms. The highest BCUT2D eigenvalue weighted by atomic mass is 16.5. The zero-order chi connectivity index (χ0) is 26.1. The van der Waals surface area contributed by atoms with Crippen LogP contribution in [0.3, 0.4) is 0 Å². The van der Waals surface area contributed by atoms with E-state index in [1.807, 2.05) is 24.3 Å². The summed E-state index contributed by atoms with van der Waals surface area (Å²) in [5, 5.41) is 11.1. The van der Waals surface area contributed by atoms with Gasteiger partial charge in [-0.3, -0.25) is 15.1 Å². The lowest BCUT2D eigenvalue weighted by atomic mass is 10.0. The van der Waals surface area contributed by atoms with Gasteiger partial charge in [-0.2, -0.15) is 0 Å². The summed E-state index contributed by atoms with van der Waals surface area (Å²) in [4.78, 5) is 35.0. The summed E-state index contributed by atoms with van der Waals surface area (Å²) < 4.78 is 5.16. The monoisotopic (exact) mass is 491 g/mol. The Balaban J connectivity index is 1.42. The second kappa shape index (κ2) is 12.2. The van der Waals surface area contributed by atoms with Crippen LogP contribution in [-0.4, -0.2) is 46.1 Å². The maximum absolute atomic E-state index is 12.3. The molecule has 0 bridgehead atoms. The van der Waals surface area contributed by atoms with Gasteiger partial charge in [-0.25, -0.2) is 14.8 Å². The van der Waals surface area contributed by atoms with Crippen LogP contribution >= 0.6 is 0 Å². The van der Waals surface area contributed by atoms with Crippen molar-refractivity contribution in [2.75, 3.05) is 24.6 Å². The van der Waals surface area contributed by atoms with Crippen LogP contribution < -0.4 is 27.3 Å². The van der Waals surface area contributed by atoms with E-state index in [0.29, 0.717) is 18.0 Å². The summed E-state index contributed by atoms with van der Waals surface area (Å²) >= 11 is 0. The molecule has 0 aliphatic rings. The van der Waals surface area contributed by atoms with Gasteiger partial charge in [-0.1, -0.05) is 36.4 Å². The summed E-state index contributed by atoms with van der Waals surface area (Å²) in [7, 11) is 0. The number of ether oxygens (including phenoxy) is 1. The van der Waals surface area contributed by atoms with Crippen molar-refractivity contribution in [2.24, 2.45) is 10.7 Å². The molecule has 0 aliphatic heterocycles. The Labute approximate surface area is 208 Å². The molecule has 3 aromatic rings. The number of nitrogen functional groups attached to an aromatic ring is 2. The lowest BCUT2D eigenvalue weighted by Gasteiger charge is -2.08. The van der Waals surface area contributed by atoms with Crippen LogP contribution in [-0.2, 0) is 11.2 Å². The van der Waals surface area contributed by atoms with Crippen molar-refractivity contribution in [3.63, 3.8) is 0 Å². The minimum atomic E-state index is -1.01. The molecule has 2 aromatic carbocycles. The molecule has 0 saturated carbocycles. The van der Waals surface area contributed by atoms with E-state index in [4.69, 9.17) is 27.0 Å². The number of carbonyl (C=O) groups excluding carboxylic acids is 1. The quantitative estimate of drug-likeness (QED) is 0.160. The van der Waals surface area contributed by atoms with Crippen molar-refractivity contribution >= 4 is 29.5 Å². The van der Waals surface area contributed by atoms with Crippen LogP contribution in [0, 0.1) is 6.92 Å². The first-order valence-electron chi connectivity index (χ1n) is 11.3. The molecule has 36 heavy (non-hydrogen) atoms. The molecule has 11 nitrogen and oxygen atoms in total. The highest BCUT2D eigenvalue weighted by molar-refractivity contribution is 6.06. The number of aliphatic imine (C=N–C) groups is 1. The molecular formula is C25H29N7O4. The molecule has 0 fully saturated rings. The molecule has 11 heteroatoms. The van der Waals surface area contributed by atoms with Gasteiger partial charge >= 0.3 is 5.97 Å². The third kappa shape index (κ3) is 7.42. The van der Waals surface area contributed by atoms with Crippen molar-refractivity contribution in [1.29, 1.82) is 0 Å². The molecule has 0 saturated heterocycles. The van der Waals surface area contributed by atoms with Crippen molar-refractivity contribution in [2.45, 2.75) is 26.2 Å². The highest BCUT2D eigenvalue weighted by Crippen LogP contribution is 2.23. The first-order chi connectivity index (χ1) is 17.2. The summed E-state index contributed by atoms with van der Waals surface area (Å²) in [5.74, 6) is -1.01. The van der Waals surface area contributed by atoms with Gasteiger partial charge in [0.05, 0.1) is 5.69 Å². The van der Waals surface area contributed by atoms with Gasteiger partial charge in [0.1, 0.15) is 11.6 Å². The maximum Gasteiger partial charge on any atom is 0.341 e. The fraction of sp³-hybridized carbons (Fsp3) is 0.240. The fourth-order valence-corrected chi connectivity index (χ4v) is 3.32. The molecule has 0 atom stereocenters. The summed E-state index contributed by atoms with van der Waals surface area (Å²) in [6.45, 7) is 1.72. The number of unbranched alkanes of at least 4 members (excludes halogenated alkanes) is 1. The summed E-state index contributed by atoms with van der Waals surface area (Å²) in [6, 6.07) is 15.5. The van der Waals surface area contributed by atoms with Gasteiger partial charge < -0.3 is 27.0 Å². The molecule has 0 radical (unpaired) electrons. The van der Waals surface area contributed by atoms with Crippen LogP contribution in [0.2, 0.25) is 0 Å². The van der Waals surface area contributed by atoms with E-state index in [1.165, 1.54) is 5.56 Å². The van der Waals surface area contributed by atoms with E-state index in [9.17, 15) is 9.59 Å². The molecule has 0 unspecified atom stereocenters. The second-order valence-electron chi connectivity index (χ2n) is 8.01. The number of nitrogens with zero attached hydrogens (tertiary/aromatic N) is 3. The Kier molecular flexibility index (Phi) is 8.76. The lowest BCUT2D eigenvalue weighted by Crippen LogP contribution is -2.38. The van der Waals surface area contributed by atoms with Crippen LogP contribution in [0.1, 0.15) is 34.6 Å². The number of aromatic nitrogens is 2. The molecule has 1 amide bonds. The van der Waals surface area contributed by atoms with Crippen molar-refractivity contribution in [1.82, 2.24) is 15.3 Å². The molecule has 1 heterocycles. The molecule has 188 valence electrons. The molecule has 3 rings (SSSR count). The number of benzene rings is 2. The van der Waals surface area contributed by atoms with Crippen molar-refractivity contribution < 1.29 is 19.4 Å². The topological polar surface area (TPSA) is 192 Å². The zero-order valence-electron chi connectivity index (χ0n) is 19.9. The van der Waals surface area contributed by atoms with Crippen LogP contribution in [0.5, 0.6) is 5.75 Å². The van der Waals surface area contributed by atoms with Crippen LogP contribution in [0.25, 0.3) is 11.1 Å². The van der Waals surface area contributed by atoms with Crippen LogP contribution in [0.15, 0.2) is 53.5 Å². The van der Waals surface area contributed by atoms with Gasteiger partial charge in [0, 0.05) is 6.54 Å². The van der Waals surface area contributed by atoms with E-state index in [0.717, 1.165) is 30.4 Å². The van der Waals surface area contributed by atoms with Gasteiger partial charge in [0.15, 0.2) is 24.1 Å². The number of rotatable bonds is 10. The molecule has 8 N–H and O–H groups in total. The number of nitrogens with one attached hydrogen (secondary N) is 1. The largest absolute Gasteiger partial charge is 0.482 e.